The highest BCUT2D eigenvalue weighted by Gasteiger charge is 2.43. The van der Waals surface area contributed by atoms with Gasteiger partial charge in [-0.1, -0.05) is 44.5 Å². The largest absolute Gasteiger partial charge is 0.435 e. The van der Waals surface area contributed by atoms with Crippen molar-refractivity contribution in [2.75, 3.05) is 14.2 Å². The van der Waals surface area contributed by atoms with E-state index >= 15 is 0 Å². The van der Waals surface area contributed by atoms with Gasteiger partial charge in [0.2, 0.25) is 0 Å². The highest BCUT2D eigenvalue weighted by Crippen LogP contribution is 2.41. The maximum atomic E-state index is 14.6. The first kappa shape index (κ1) is 20.2. The maximum Gasteiger partial charge on any atom is 0.405 e. The van der Waals surface area contributed by atoms with Crippen LogP contribution in [0.15, 0.2) is 18.2 Å². The minimum absolute atomic E-state index is 0.0906. The molecule has 0 aliphatic heterocycles. The lowest BCUT2D eigenvalue weighted by Crippen LogP contribution is -2.46. The number of carbonyl (C=O) groups excluding carboxylic acids is 2. The van der Waals surface area contributed by atoms with Crippen LogP contribution in [0, 0.1) is 11.2 Å². The molecule has 134 valence electrons. The first-order valence-corrected chi connectivity index (χ1v) is 7.60. The number of rotatable bonds is 5. The molecule has 0 aliphatic rings. The Morgan fingerprint density at radius 2 is 1.92 bits per heavy atom. The SMILES string of the molecule is CON(C)C(=O)C(OC(N)=O)C(c1cccc(Cl)c1F)C(C)(C)C. The van der Waals surface area contributed by atoms with E-state index < -0.39 is 35.3 Å². The molecule has 8 heteroatoms. The van der Waals surface area contributed by atoms with Gasteiger partial charge in [0, 0.05) is 13.0 Å². The van der Waals surface area contributed by atoms with Crippen molar-refractivity contribution in [2.45, 2.75) is 32.8 Å². The third-order valence-electron chi connectivity index (χ3n) is 3.62. The summed E-state index contributed by atoms with van der Waals surface area (Å²) in [5.74, 6) is -2.19. The smallest absolute Gasteiger partial charge is 0.405 e. The lowest BCUT2D eigenvalue weighted by Gasteiger charge is -2.37. The van der Waals surface area contributed by atoms with E-state index in [0.29, 0.717) is 0 Å². The van der Waals surface area contributed by atoms with Gasteiger partial charge in [0.1, 0.15) is 5.82 Å². The van der Waals surface area contributed by atoms with Crippen LogP contribution < -0.4 is 5.73 Å². The zero-order valence-corrected chi connectivity index (χ0v) is 15.1. The highest BCUT2D eigenvalue weighted by molar-refractivity contribution is 6.30. The average Bonchev–Trinajstić information content (AvgIpc) is 2.47. The van der Waals surface area contributed by atoms with Crippen molar-refractivity contribution in [3.05, 3.63) is 34.6 Å². The van der Waals surface area contributed by atoms with Crippen LogP contribution in [-0.4, -0.2) is 37.3 Å². The number of ether oxygens (including phenoxy) is 1. The summed E-state index contributed by atoms with van der Waals surface area (Å²) in [7, 11) is 2.64. The fourth-order valence-electron chi connectivity index (χ4n) is 2.50. The number of benzene rings is 1. The molecule has 0 aliphatic carbocycles. The Morgan fingerprint density at radius 3 is 2.38 bits per heavy atom. The van der Waals surface area contributed by atoms with Crippen molar-refractivity contribution in [3.8, 4) is 0 Å². The third-order valence-corrected chi connectivity index (χ3v) is 3.91. The van der Waals surface area contributed by atoms with Gasteiger partial charge in [-0.15, -0.1) is 0 Å². The molecule has 0 heterocycles. The normalized spacial score (nSPS) is 14.0. The number of amides is 2. The fourth-order valence-corrected chi connectivity index (χ4v) is 2.68. The van der Waals surface area contributed by atoms with Crippen LogP contribution in [0.5, 0.6) is 0 Å². The molecule has 2 N–H and O–H groups in total. The minimum Gasteiger partial charge on any atom is -0.435 e. The van der Waals surface area contributed by atoms with Gasteiger partial charge in [0.05, 0.1) is 12.1 Å². The van der Waals surface area contributed by atoms with E-state index in [2.05, 4.69) is 0 Å². The molecular weight excluding hydrogens is 339 g/mol. The summed E-state index contributed by atoms with van der Waals surface area (Å²) >= 11 is 5.86. The zero-order valence-electron chi connectivity index (χ0n) is 14.3. The summed E-state index contributed by atoms with van der Waals surface area (Å²) in [6.07, 6.45) is -2.52. The number of hydrogen-bond acceptors (Lipinski definition) is 4. The Balaban J connectivity index is 3.51. The summed E-state index contributed by atoms with van der Waals surface area (Å²) in [5, 5.41) is 0.807. The Morgan fingerprint density at radius 1 is 1.33 bits per heavy atom. The third kappa shape index (κ3) is 4.58. The van der Waals surface area contributed by atoms with Crippen molar-refractivity contribution in [3.63, 3.8) is 0 Å². The molecule has 0 saturated carbocycles. The van der Waals surface area contributed by atoms with E-state index in [9.17, 15) is 14.0 Å². The van der Waals surface area contributed by atoms with Crippen LogP contribution in [0.2, 0.25) is 5.02 Å². The predicted octanol–water partition coefficient (Wildman–Crippen LogP) is 3.09. The maximum absolute atomic E-state index is 14.6. The molecule has 6 nitrogen and oxygen atoms in total. The van der Waals surface area contributed by atoms with E-state index in [0.717, 1.165) is 5.06 Å². The number of nitrogens with zero attached hydrogens (tertiary/aromatic N) is 1. The number of nitrogens with two attached hydrogens (primary N) is 1. The van der Waals surface area contributed by atoms with Crippen LogP contribution in [-0.2, 0) is 14.4 Å². The van der Waals surface area contributed by atoms with Crippen LogP contribution in [0.3, 0.4) is 0 Å². The first-order valence-electron chi connectivity index (χ1n) is 7.22. The summed E-state index contributed by atoms with van der Waals surface area (Å²) in [6, 6.07) is 4.45. The molecule has 0 radical (unpaired) electrons. The molecule has 0 fully saturated rings. The highest BCUT2D eigenvalue weighted by atomic mass is 35.5. The number of likely N-dealkylation sites (N-methyl/N-ethyl adjacent to an activating group) is 1. The number of hydrogen-bond donors (Lipinski definition) is 1. The van der Waals surface area contributed by atoms with Crippen molar-refractivity contribution in [1.82, 2.24) is 5.06 Å². The molecule has 24 heavy (non-hydrogen) atoms. The van der Waals surface area contributed by atoms with E-state index in [1.54, 1.807) is 26.8 Å². The molecule has 1 aromatic carbocycles. The number of hydroxylamine groups is 2. The molecule has 2 unspecified atom stereocenters. The number of primary amides is 1. The first-order chi connectivity index (χ1) is 11.0. The topological polar surface area (TPSA) is 81.9 Å². The Hall–Kier alpha value is -1.86. The fraction of sp³-hybridized carbons (Fsp3) is 0.500. The van der Waals surface area contributed by atoms with Crippen molar-refractivity contribution in [1.29, 1.82) is 0 Å². The zero-order chi connectivity index (χ0) is 18.7. The molecule has 0 spiro atoms. The van der Waals surface area contributed by atoms with Gasteiger partial charge < -0.3 is 10.5 Å². The van der Waals surface area contributed by atoms with Crippen molar-refractivity contribution >= 4 is 23.6 Å². The van der Waals surface area contributed by atoms with E-state index in [-0.39, 0.29) is 10.6 Å². The Bertz CT molecular complexity index is 619. The van der Waals surface area contributed by atoms with Crippen LogP contribution in [0.4, 0.5) is 9.18 Å². The minimum atomic E-state index is -1.37. The lowest BCUT2D eigenvalue weighted by atomic mass is 9.72. The number of halogens is 2. The second kappa shape index (κ2) is 7.81. The van der Waals surface area contributed by atoms with Gasteiger partial charge >= 0.3 is 6.09 Å². The molecule has 0 aromatic heterocycles. The van der Waals surface area contributed by atoms with Crippen molar-refractivity contribution < 1.29 is 23.6 Å². The summed E-state index contributed by atoms with van der Waals surface area (Å²) in [5.41, 5.74) is 4.60. The lowest BCUT2D eigenvalue weighted by molar-refractivity contribution is -0.180. The molecule has 1 aromatic rings. The van der Waals surface area contributed by atoms with Gasteiger partial charge in [0.25, 0.3) is 5.91 Å². The molecule has 2 amide bonds. The van der Waals surface area contributed by atoms with E-state index in [1.807, 2.05) is 0 Å². The van der Waals surface area contributed by atoms with Crippen molar-refractivity contribution in [2.24, 2.45) is 11.1 Å². The van der Waals surface area contributed by atoms with E-state index in [1.165, 1.54) is 26.3 Å². The molecule has 2 atom stereocenters. The van der Waals surface area contributed by atoms with Gasteiger partial charge in [-0.3, -0.25) is 9.63 Å². The summed E-state index contributed by atoms with van der Waals surface area (Å²) in [6.45, 7) is 5.36. The van der Waals surface area contributed by atoms with Gasteiger partial charge in [0.15, 0.2) is 6.10 Å². The predicted molar refractivity (Wildman–Crippen MR) is 87.8 cm³/mol. The van der Waals surface area contributed by atoms with Gasteiger partial charge in [-0.05, 0) is 17.0 Å². The Kier molecular flexibility index (Phi) is 6.57. The standard InChI is InChI=1S/C16H22ClFN2O4/c1-16(2,3)11(9-7-6-8-10(17)12(9)18)13(24-15(19)22)14(21)20(4)23-5/h6-8,11,13H,1-5H3,(H2,19,22). The summed E-state index contributed by atoms with van der Waals surface area (Å²) in [4.78, 5) is 28.7. The number of carbonyl (C=O) groups is 2. The van der Waals surface area contributed by atoms with E-state index in [4.69, 9.17) is 26.9 Å². The molecule has 1 rings (SSSR count). The summed E-state index contributed by atoms with van der Waals surface area (Å²) < 4.78 is 19.6. The van der Waals surface area contributed by atoms with Gasteiger partial charge in [-0.25, -0.2) is 14.2 Å². The molecule has 0 saturated heterocycles. The second-order valence-electron chi connectivity index (χ2n) is 6.36. The monoisotopic (exact) mass is 360 g/mol. The van der Waals surface area contributed by atoms with Crippen LogP contribution in [0.25, 0.3) is 0 Å². The second-order valence-corrected chi connectivity index (χ2v) is 6.77. The van der Waals surface area contributed by atoms with Gasteiger partial charge in [-0.2, -0.15) is 0 Å². The Labute approximate surface area is 145 Å². The average molecular weight is 361 g/mol. The molecular formula is C16H22ClFN2O4. The quantitative estimate of drug-likeness (QED) is 0.818. The van der Waals surface area contributed by atoms with Crippen LogP contribution >= 0.6 is 11.6 Å². The molecule has 0 bridgehead atoms. The van der Waals surface area contributed by atoms with Crippen LogP contribution in [0.1, 0.15) is 32.3 Å².